The average molecular weight is 389 g/mol. The Morgan fingerprint density at radius 2 is 2.29 bits per heavy atom. The van der Waals surface area contributed by atoms with Crippen LogP contribution >= 0.6 is 50.1 Å². The maximum absolute atomic E-state index is 11.4. The van der Waals surface area contributed by atoms with Crippen LogP contribution in [0.2, 0.25) is 5.02 Å². The molecule has 5 heteroatoms. The van der Waals surface area contributed by atoms with Gasteiger partial charge in [0.15, 0.2) is 0 Å². The lowest BCUT2D eigenvalue weighted by molar-refractivity contribution is 0.0526. The number of rotatable bonds is 2. The van der Waals surface area contributed by atoms with E-state index in [0.717, 1.165) is 8.04 Å². The fourth-order valence-corrected chi connectivity index (χ4v) is 2.07. The molecule has 0 unspecified atom stereocenters. The Labute approximate surface area is 109 Å². The topological polar surface area (TPSA) is 26.3 Å². The minimum absolute atomic E-state index is 0.349. The SMILES string of the molecule is CCOC(=O)c1cc(I)c(Br)cc1Cl. The lowest BCUT2D eigenvalue weighted by Crippen LogP contribution is -2.05. The van der Waals surface area contributed by atoms with E-state index in [1.165, 1.54) is 0 Å². The second-order valence-electron chi connectivity index (χ2n) is 2.47. The van der Waals surface area contributed by atoms with E-state index in [1.54, 1.807) is 19.1 Å². The third-order valence-electron chi connectivity index (χ3n) is 1.51. The van der Waals surface area contributed by atoms with Crippen molar-refractivity contribution >= 4 is 56.1 Å². The highest BCUT2D eigenvalue weighted by molar-refractivity contribution is 14.1. The molecule has 0 saturated carbocycles. The van der Waals surface area contributed by atoms with Crippen LogP contribution in [0.15, 0.2) is 16.6 Å². The number of hydrogen-bond donors (Lipinski definition) is 0. The molecule has 0 N–H and O–H groups in total. The van der Waals surface area contributed by atoms with Gasteiger partial charge in [-0.2, -0.15) is 0 Å². The third-order valence-corrected chi connectivity index (χ3v) is 4.11. The molecule has 14 heavy (non-hydrogen) atoms. The number of hydrogen-bond acceptors (Lipinski definition) is 2. The predicted molar refractivity (Wildman–Crippen MR) is 67.8 cm³/mol. The minimum Gasteiger partial charge on any atom is -0.462 e. The second-order valence-corrected chi connectivity index (χ2v) is 4.89. The third kappa shape index (κ3) is 2.84. The molecule has 0 aliphatic carbocycles. The largest absolute Gasteiger partial charge is 0.462 e. The van der Waals surface area contributed by atoms with Gasteiger partial charge in [0.25, 0.3) is 0 Å². The van der Waals surface area contributed by atoms with Crippen LogP contribution < -0.4 is 0 Å². The van der Waals surface area contributed by atoms with Crippen molar-refractivity contribution in [2.24, 2.45) is 0 Å². The molecule has 0 saturated heterocycles. The number of benzene rings is 1. The first-order valence-corrected chi connectivity index (χ1v) is 6.13. The quantitative estimate of drug-likeness (QED) is 0.436. The molecule has 0 radical (unpaired) electrons. The van der Waals surface area contributed by atoms with Gasteiger partial charge in [0, 0.05) is 8.04 Å². The lowest BCUT2D eigenvalue weighted by atomic mass is 10.2. The highest BCUT2D eigenvalue weighted by atomic mass is 127. The van der Waals surface area contributed by atoms with E-state index in [4.69, 9.17) is 16.3 Å². The first-order chi connectivity index (χ1) is 6.56. The van der Waals surface area contributed by atoms with E-state index in [9.17, 15) is 4.79 Å². The average Bonchev–Trinajstić information content (AvgIpc) is 2.11. The fraction of sp³-hybridized carbons (Fsp3) is 0.222. The van der Waals surface area contributed by atoms with Crippen LogP contribution in [0.1, 0.15) is 17.3 Å². The number of halogens is 3. The highest BCUT2D eigenvalue weighted by Crippen LogP contribution is 2.27. The van der Waals surface area contributed by atoms with Crippen LogP contribution in [0, 0.1) is 3.57 Å². The van der Waals surface area contributed by atoms with Gasteiger partial charge in [-0.1, -0.05) is 11.6 Å². The molecule has 1 aromatic carbocycles. The van der Waals surface area contributed by atoms with Crippen LogP contribution in [0.3, 0.4) is 0 Å². The number of esters is 1. The highest BCUT2D eigenvalue weighted by Gasteiger charge is 2.13. The van der Waals surface area contributed by atoms with Crippen molar-refractivity contribution < 1.29 is 9.53 Å². The summed E-state index contributed by atoms with van der Waals surface area (Å²) < 4.78 is 6.66. The molecule has 0 bridgehead atoms. The summed E-state index contributed by atoms with van der Waals surface area (Å²) in [6.45, 7) is 2.11. The fourth-order valence-electron chi connectivity index (χ4n) is 0.888. The van der Waals surface area contributed by atoms with Gasteiger partial charge in [-0.15, -0.1) is 0 Å². The molecule has 76 valence electrons. The summed E-state index contributed by atoms with van der Waals surface area (Å²) >= 11 is 11.3. The Kier molecular flexibility index (Phi) is 4.66. The number of carbonyl (C=O) groups is 1. The Balaban J connectivity index is 3.09. The summed E-state index contributed by atoms with van der Waals surface area (Å²) in [5.41, 5.74) is 0.404. The van der Waals surface area contributed by atoms with Crippen LogP contribution in [0.25, 0.3) is 0 Å². The van der Waals surface area contributed by atoms with Crippen molar-refractivity contribution in [1.29, 1.82) is 0 Å². The van der Waals surface area contributed by atoms with Crippen molar-refractivity contribution in [3.63, 3.8) is 0 Å². The monoisotopic (exact) mass is 388 g/mol. The van der Waals surface area contributed by atoms with E-state index >= 15 is 0 Å². The zero-order chi connectivity index (χ0) is 10.7. The van der Waals surface area contributed by atoms with E-state index in [1.807, 2.05) is 0 Å². The van der Waals surface area contributed by atoms with Gasteiger partial charge >= 0.3 is 5.97 Å². The predicted octanol–water partition coefficient (Wildman–Crippen LogP) is 3.88. The van der Waals surface area contributed by atoms with Crippen LogP contribution in [0.4, 0.5) is 0 Å². The van der Waals surface area contributed by atoms with Crippen LogP contribution in [0.5, 0.6) is 0 Å². The van der Waals surface area contributed by atoms with E-state index < -0.39 is 0 Å². The van der Waals surface area contributed by atoms with Crippen LogP contribution in [-0.4, -0.2) is 12.6 Å². The van der Waals surface area contributed by atoms with E-state index in [2.05, 4.69) is 38.5 Å². The zero-order valence-electron chi connectivity index (χ0n) is 7.31. The Morgan fingerprint density at radius 1 is 1.64 bits per heavy atom. The molecule has 0 spiro atoms. The molecule has 0 aliphatic heterocycles. The Morgan fingerprint density at radius 3 is 2.86 bits per heavy atom. The molecule has 1 rings (SSSR count). The number of ether oxygens (including phenoxy) is 1. The van der Waals surface area contributed by atoms with Crippen molar-refractivity contribution in [2.45, 2.75) is 6.92 Å². The smallest absolute Gasteiger partial charge is 0.339 e. The summed E-state index contributed by atoms with van der Waals surface area (Å²) in [5, 5.41) is 0.399. The van der Waals surface area contributed by atoms with E-state index in [0.29, 0.717) is 17.2 Å². The molecule has 0 aliphatic rings. The lowest BCUT2D eigenvalue weighted by Gasteiger charge is -2.05. The molecule has 0 atom stereocenters. The van der Waals surface area contributed by atoms with Crippen molar-refractivity contribution in [1.82, 2.24) is 0 Å². The van der Waals surface area contributed by atoms with Gasteiger partial charge in [-0.3, -0.25) is 0 Å². The molecule has 2 nitrogen and oxygen atoms in total. The van der Waals surface area contributed by atoms with Crippen LogP contribution in [-0.2, 0) is 4.74 Å². The van der Waals surface area contributed by atoms with Crippen molar-refractivity contribution in [3.05, 3.63) is 30.8 Å². The number of carbonyl (C=O) groups excluding carboxylic acids is 1. The first-order valence-electron chi connectivity index (χ1n) is 3.88. The first kappa shape index (κ1) is 12.3. The Hall–Kier alpha value is 0.190. The van der Waals surface area contributed by atoms with Gasteiger partial charge in [0.2, 0.25) is 0 Å². The van der Waals surface area contributed by atoms with Gasteiger partial charge in [-0.25, -0.2) is 4.79 Å². The van der Waals surface area contributed by atoms with Gasteiger partial charge in [0.05, 0.1) is 17.2 Å². The maximum Gasteiger partial charge on any atom is 0.339 e. The Bertz CT molecular complexity index is 368. The standard InChI is InChI=1S/C9H7BrClIO2/c1-2-14-9(13)5-3-8(12)6(10)4-7(5)11/h3-4H,2H2,1H3. The molecular formula is C9H7BrClIO2. The van der Waals surface area contributed by atoms with E-state index in [-0.39, 0.29) is 5.97 Å². The molecule has 0 amide bonds. The summed E-state index contributed by atoms with van der Waals surface area (Å²) in [6, 6.07) is 3.39. The zero-order valence-corrected chi connectivity index (χ0v) is 11.8. The molecule has 0 heterocycles. The summed E-state index contributed by atoms with van der Waals surface area (Å²) in [6.07, 6.45) is 0. The minimum atomic E-state index is -0.386. The molecular weight excluding hydrogens is 382 g/mol. The van der Waals surface area contributed by atoms with Crippen molar-refractivity contribution in [2.75, 3.05) is 6.61 Å². The van der Waals surface area contributed by atoms with Gasteiger partial charge in [-0.05, 0) is 57.6 Å². The molecule has 0 fully saturated rings. The normalized spacial score (nSPS) is 10.0. The van der Waals surface area contributed by atoms with Crippen molar-refractivity contribution in [3.8, 4) is 0 Å². The van der Waals surface area contributed by atoms with Gasteiger partial charge in [0.1, 0.15) is 0 Å². The summed E-state index contributed by atoms with van der Waals surface area (Å²) in [4.78, 5) is 11.4. The molecule has 1 aromatic rings. The maximum atomic E-state index is 11.4. The second kappa shape index (κ2) is 5.32. The van der Waals surface area contributed by atoms with Gasteiger partial charge < -0.3 is 4.74 Å². The molecule has 0 aromatic heterocycles. The summed E-state index contributed by atoms with van der Waals surface area (Å²) in [7, 11) is 0. The summed E-state index contributed by atoms with van der Waals surface area (Å²) in [5.74, 6) is -0.386.